The minimum absolute atomic E-state index is 0.0433. The van der Waals surface area contributed by atoms with Crippen LogP contribution in [-0.4, -0.2) is 43.7 Å². The second-order valence-corrected chi connectivity index (χ2v) is 3.40. The lowest BCUT2D eigenvalue weighted by atomic mass is 10.0. The van der Waals surface area contributed by atoms with Crippen molar-refractivity contribution in [2.24, 2.45) is 5.73 Å². The standard InChI is InChI=1S/C9H18N2O2/c1-13-7-8-4-2-3-5-11(8)9(12)6-10/h8H,2-7,10H2,1H3/t8-/m1/s1. The Kier molecular flexibility index (Phi) is 4.18. The molecule has 2 N–H and O–H groups in total. The van der Waals surface area contributed by atoms with Gasteiger partial charge >= 0.3 is 0 Å². The third-order valence-electron chi connectivity index (χ3n) is 2.48. The molecule has 0 radical (unpaired) electrons. The van der Waals surface area contributed by atoms with Gasteiger partial charge < -0.3 is 15.4 Å². The van der Waals surface area contributed by atoms with E-state index in [1.807, 2.05) is 4.90 Å². The molecule has 4 heteroatoms. The van der Waals surface area contributed by atoms with Crippen molar-refractivity contribution in [2.75, 3.05) is 26.8 Å². The van der Waals surface area contributed by atoms with Gasteiger partial charge in [0, 0.05) is 13.7 Å². The SMILES string of the molecule is COC[C@H]1CCCCN1C(=O)CN. The minimum atomic E-state index is 0.0433. The largest absolute Gasteiger partial charge is 0.383 e. The van der Waals surface area contributed by atoms with E-state index in [9.17, 15) is 4.79 Å². The zero-order valence-electron chi connectivity index (χ0n) is 8.16. The number of hydrogen-bond donors (Lipinski definition) is 1. The molecular formula is C9H18N2O2. The van der Waals surface area contributed by atoms with E-state index in [0.717, 1.165) is 19.4 Å². The van der Waals surface area contributed by atoms with Gasteiger partial charge in [0.25, 0.3) is 0 Å². The van der Waals surface area contributed by atoms with Crippen LogP contribution in [0.3, 0.4) is 0 Å². The van der Waals surface area contributed by atoms with E-state index in [1.54, 1.807) is 7.11 Å². The number of nitrogens with zero attached hydrogens (tertiary/aromatic N) is 1. The Hall–Kier alpha value is -0.610. The first-order chi connectivity index (χ1) is 6.29. The molecule has 1 heterocycles. The van der Waals surface area contributed by atoms with Gasteiger partial charge in [-0.3, -0.25) is 4.79 Å². The van der Waals surface area contributed by atoms with Gasteiger partial charge in [-0.05, 0) is 19.3 Å². The number of carbonyl (C=O) groups is 1. The fourth-order valence-electron chi connectivity index (χ4n) is 1.81. The highest BCUT2D eigenvalue weighted by Crippen LogP contribution is 2.16. The molecule has 4 nitrogen and oxygen atoms in total. The molecule has 0 aromatic heterocycles. The summed E-state index contributed by atoms with van der Waals surface area (Å²) in [6.45, 7) is 1.58. The topological polar surface area (TPSA) is 55.6 Å². The van der Waals surface area contributed by atoms with Crippen molar-refractivity contribution >= 4 is 5.91 Å². The maximum Gasteiger partial charge on any atom is 0.236 e. The van der Waals surface area contributed by atoms with Crippen LogP contribution in [0.15, 0.2) is 0 Å². The van der Waals surface area contributed by atoms with Crippen LogP contribution >= 0.6 is 0 Å². The number of methoxy groups -OCH3 is 1. The Balaban J connectivity index is 2.50. The molecule has 0 aliphatic carbocycles. The zero-order valence-corrected chi connectivity index (χ0v) is 8.16. The van der Waals surface area contributed by atoms with E-state index >= 15 is 0 Å². The van der Waals surface area contributed by atoms with E-state index in [2.05, 4.69) is 0 Å². The molecule has 1 aliphatic heterocycles. The second-order valence-electron chi connectivity index (χ2n) is 3.40. The molecule has 0 aromatic carbocycles. The van der Waals surface area contributed by atoms with Crippen molar-refractivity contribution in [1.29, 1.82) is 0 Å². The molecule has 76 valence electrons. The molecule has 0 bridgehead atoms. The smallest absolute Gasteiger partial charge is 0.236 e. The molecule has 1 rings (SSSR count). The van der Waals surface area contributed by atoms with Gasteiger partial charge in [0.05, 0.1) is 19.2 Å². The molecule has 0 aromatic rings. The van der Waals surface area contributed by atoms with Gasteiger partial charge in [-0.25, -0.2) is 0 Å². The number of likely N-dealkylation sites (tertiary alicyclic amines) is 1. The third kappa shape index (κ3) is 2.67. The number of ether oxygens (including phenoxy) is 1. The van der Waals surface area contributed by atoms with Crippen molar-refractivity contribution < 1.29 is 9.53 Å². The Morgan fingerprint density at radius 3 is 3.00 bits per heavy atom. The van der Waals surface area contributed by atoms with E-state index in [4.69, 9.17) is 10.5 Å². The van der Waals surface area contributed by atoms with Crippen molar-refractivity contribution in [3.63, 3.8) is 0 Å². The van der Waals surface area contributed by atoms with Gasteiger partial charge in [-0.2, -0.15) is 0 Å². The van der Waals surface area contributed by atoms with Crippen LogP contribution in [-0.2, 0) is 9.53 Å². The molecule has 1 fully saturated rings. The summed E-state index contributed by atoms with van der Waals surface area (Å²) in [6, 6.07) is 0.245. The van der Waals surface area contributed by atoms with Crippen LogP contribution in [0.5, 0.6) is 0 Å². The first-order valence-corrected chi connectivity index (χ1v) is 4.78. The van der Waals surface area contributed by atoms with Gasteiger partial charge in [0.1, 0.15) is 0 Å². The van der Waals surface area contributed by atoms with E-state index in [0.29, 0.717) is 6.61 Å². The lowest BCUT2D eigenvalue weighted by molar-refractivity contribution is -0.134. The van der Waals surface area contributed by atoms with Gasteiger partial charge in [0.15, 0.2) is 0 Å². The van der Waals surface area contributed by atoms with Gasteiger partial charge in [0.2, 0.25) is 5.91 Å². The second kappa shape index (κ2) is 5.19. The highest BCUT2D eigenvalue weighted by atomic mass is 16.5. The van der Waals surface area contributed by atoms with Gasteiger partial charge in [-0.15, -0.1) is 0 Å². The Morgan fingerprint density at radius 1 is 1.62 bits per heavy atom. The molecule has 1 aliphatic rings. The average Bonchev–Trinajstić information content (AvgIpc) is 2.18. The first-order valence-electron chi connectivity index (χ1n) is 4.78. The predicted octanol–water partition coefficient (Wildman–Crippen LogP) is -0.0274. The number of rotatable bonds is 3. The number of piperidine rings is 1. The summed E-state index contributed by atoms with van der Waals surface area (Å²) in [5, 5.41) is 0. The maximum absolute atomic E-state index is 11.4. The average molecular weight is 186 g/mol. The molecule has 0 spiro atoms. The van der Waals surface area contributed by atoms with Crippen LogP contribution in [0.25, 0.3) is 0 Å². The zero-order chi connectivity index (χ0) is 9.68. The lowest BCUT2D eigenvalue weighted by Crippen LogP contribution is -2.48. The van der Waals surface area contributed by atoms with Crippen LogP contribution in [0.2, 0.25) is 0 Å². The number of nitrogens with two attached hydrogens (primary N) is 1. The van der Waals surface area contributed by atoms with Crippen LogP contribution < -0.4 is 5.73 Å². The summed E-state index contributed by atoms with van der Waals surface area (Å²) in [5.41, 5.74) is 5.33. The van der Waals surface area contributed by atoms with Crippen molar-refractivity contribution in [3.8, 4) is 0 Å². The summed E-state index contributed by atoms with van der Waals surface area (Å²) in [4.78, 5) is 13.3. The summed E-state index contributed by atoms with van der Waals surface area (Å²) >= 11 is 0. The highest BCUT2D eigenvalue weighted by molar-refractivity contribution is 5.78. The molecule has 13 heavy (non-hydrogen) atoms. The lowest BCUT2D eigenvalue weighted by Gasteiger charge is -2.35. The van der Waals surface area contributed by atoms with E-state index < -0.39 is 0 Å². The third-order valence-corrected chi connectivity index (χ3v) is 2.48. The molecule has 1 saturated heterocycles. The molecule has 0 unspecified atom stereocenters. The molecule has 0 saturated carbocycles. The summed E-state index contributed by atoms with van der Waals surface area (Å²) in [7, 11) is 1.67. The normalized spacial score (nSPS) is 23.2. The fourth-order valence-corrected chi connectivity index (χ4v) is 1.81. The maximum atomic E-state index is 11.4. The van der Waals surface area contributed by atoms with Crippen molar-refractivity contribution in [1.82, 2.24) is 4.90 Å². The molecular weight excluding hydrogens is 168 g/mol. The summed E-state index contributed by atoms with van der Waals surface area (Å²) in [5.74, 6) is 0.0433. The minimum Gasteiger partial charge on any atom is -0.383 e. The van der Waals surface area contributed by atoms with Crippen LogP contribution in [0.4, 0.5) is 0 Å². The molecule has 1 atom stereocenters. The van der Waals surface area contributed by atoms with Crippen LogP contribution in [0.1, 0.15) is 19.3 Å². The fraction of sp³-hybridized carbons (Fsp3) is 0.889. The Labute approximate surface area is 79.0 Å². The van der Waals surface area contributed by atoms with Crippen molar-refractivity contribution in [3.05, 3.63) is 0 Å². The van der Waals surface area contributed by atoms with E-state index in [1.165, 1.54) is 6.42 Å². The van der Waals surface area contributed by atoms with E-state index in [-0.39, 0.29) is 18.5 Å². The number of carbonyl (C=O) groups excluding carboxylic acids is 1. The Morgan fingerprint density at radius 2 is 2.38 bits per heavy atom. The predicted molar refractivity (Wildman–Crippen MR) is 50.3 cm³/mol. The quantitative estimate of drug-likeness (QED) is 0.673. The Bertz CT molecular complexity index is 171. The van der Waals surface area contributed by atoms with Crippen LogP contribution in [0, 0.1) is 0 Å². The molecule has 1 amide bonds. The first kappa shape index (κ1) is 10.5. The monoisotopic (exact) mass is 186 g/mol. The van der Waals surface area contributed by atoms with Crippen molar-refractivity contribution in [2.45, 2.75) is 25.3 Å². The number of amides is 1. The number of hydrogen-bond acceptors (Lipinski definition) is 3. The van der Waals surface area contributed by atoms with Gasteiger partial charge in [-0.1, -0.05) is 0 Å². The summed E-state index contributed by atoms with van der Waals surface area (Å²) in [6.07, 6.45) is 3.31. The highest BCUT2D eigenvalue weighted by Gasteiger charge is 2.25. The summed E-state index contributed by atoms with van der Waals surface area (Å²) < 4.78 is 5.07.